The van der Waals surface area contributed by atoms with E-state index in [0.717, 1.165) is 29.7 Å². The maximum absolute atomic E-state index is 13.8. The van der Waals surface area contributed by atoms with Gasteiger partial charge in [0.25, 0.3) is 0 Å². The normalized spacial score (nSPS) is 10.5. The molecule has 1 amide bonds. The molecule has 2 aromatic carbocycles. The monoisotopic (exact) mass is 319 g/mol. The minimum atomic E-state index is -0.456. The second-order valence-electron chi connectivity index (χ2n) is 5.08. The van der Waals surface area contributed by atoms with Gasteiger partial charge in [-0.25, -0.2) is 4.39 Å². The van der Waals surface area contributed by atoms with Crippen molar-refractivity contribution in [3.05, 3.63) is 63.9 Å². The van der Waals surface area contributed by atoms with Crippen LogP contribution in [0.2, 0.25) is 5.02 Å². The topological polar surface area (TPSA) is 29.1 Å². The van der Waals surface area contributed by atoms with Crippen molar-refractivity contribution in [3.63, 3.8) is 0 Å². The molecule has 0 bridgehead atoms. The van der Waals surface area contributed by atoms with Crippen LogP contribution in [0.25, 0.3) is 0 Å². The van der Waals surface area contributed by atoms with Gasteiger partial charge in [0.15, 0.2) is 0 Å². The molecule has 0 saturated carbocycles. The highest BCUT2D eigenvalue weighted by Crippen LogP contribution is 2.24. The Balaban J connectivity index is 2.23. The fraction of sp³-hybridized carbons (Fsp3) is 0.278. The van der Waals surface area contributed by atoms with Crippen molar-refractivity contribution < 1.29 is 9.18 Å². The summed E-state index contributed by atoms with van der Waals surface area (Å²) < 4.78 is 13.8. The van der Waals surface area contributed by atoms with Gasteiger partial charge >= 0.3 is 0 Å². The lowest BCUT2D eigenvalue weighted by Gasteiger charge is -2.15. The highest BCUT2D eigenvalue weighted by molar-refractivity contribution is 6.31. The molecule has 0 spiro atoms. The summed E-state index contributed by atoms with van der Waals surface area (Å²) in [4.78, 5) is 12.3. The number of hydrogen-bond acceptors (Lipinski definition) is 1. The average molecular weight is 320 g/mol. The minimum Gasteiger partial charge on any atom is -0.325 e. The van der Waals surface area contributed by atoms with Crippen molar-refractivity contribution in [2.45, 2.75) is 33.1 Å². The van der Waals surface area contributed by atoms with E-state index in [1.54, 1.807) is 6.07 Å². The Bertz CT molecular complexity index is 642. The van der Waals surface area contributed by atoms with Crippen molar-refractivity contribution >= 4 is 23.2 Å². The Labute approximate surface area is 135 Å². The first-order valence-electron chi connectivity index (χ1n) is 7.40. The van der Waals surface area contributed by atoms with Gasteiger partial charge in [0.05, 0.1) is 6.42 Å². The molecule has 0 aliphatic rings. The lowest BCUT2D eigenvalue weighted by molar-refractivity contribution is -0.115. The van der Waals surface area contributed by atoms with Gasteiger partial charge in [-0.3, -0.25) is 4.79 Å². The van der Waals surface area contributed by atoms with E-state index in [2.05, 4.69) is 5.32 Å². The van der Waals surface area contributed by atoms with Gasteiger partial charge in [0.2, 0.25) is 5.91 Å². The summed E-state index contributed by atoms with van der Waals surface area (Å²) in [5, 5.41) is 3.19. The first-order valence-corrected chi connectivity index (χ1v) is 7.78. The highest BCUT2D eigenvalue weighted by atomic mass is 35.5. The fourth-order valence-corrected chi connectivity index (χ4v) is 2.68. The first-order chi connectivity index (χ1) is 10.6. The zero-order chi connectivity index (χ0) is 16.1. The van der Waals surface area contributed by atoms with Crippen LogP contribution in [0.3, 0.4) is 0 Å². The minimum absolute atomic E-state index is 0.0767. The molecule has 2 aromatic rings. The lowest BCUT2D eigenvalue weighted by Crippen LogP contribution is -2.17. The third-order valence-corrected chi connectivity index (χ3v) is 4.02. The van der Waals surface area contributed by atoms with Crippen molar-refractivity contribution in [2.75, 3.05) is 5.32 Å². The first kappa shape index (κ1) is 16.5. The molecular formula is C18H19ClFNO. The van der Waals surface area contributed by atoms with E-state index in [1.807, 2.05) is 32.0 Å². The smallest absolute Gasteiger partial charge is 0.228 e. The number of nitrogens with one attached hydrogen (secondary N) is 1. The number of aryl methyl sites for hydroxylation is 2. The molecule has 1 N–H and O–H groups in total. The van der Waals surface area contributed by atoms with Crippen molar-refractivity contribution in [1.29, 1.82) is 0 Å². The third kappa shape index (κ3) is 3.66. The zero-order valence-corrected chi connectivity index (χ0v) is 13.5. The van der Waals surface area contributed by atoms with E-state index in [0.29, 0.717) is 0 Å². The molecule has 0 radical (unpaired) electrons. The molecule has 2 rings (SSSR count). The van der Waals surface area contributed by atoms with Gasteiger partial charge in [-0.05, 0) is 36.1 Å². The van der Waals surface area contributed by atoms with Gasteiger partial charge < -0.3 is 5.32 Å². The SMILES string of the molecule is CCc1cccc(CC)c1NC(=O)Cc1c(F)cccc1Cl. The number of carbonyl (C=O) groups excluding carboxylic acids is 1. The predicted octanol–water partition coefficient (Wildman–Crippen LogP) is 4.79. The number of hydrogen-bond donors (Lipinski definition) is 1. The predicted molar refractivity (Wildman–Crippen MR) is 88.9 cm³/mol. The summed E-state index contributed by atoms with van der Waals surface area (Å²) in [6.45, 7) is 4.08. The number of rotatable bonds is 5. The average Bonchev–Trinajstić information content (AvgIpc) is 2.51. The van der Waals surface area contributed by atoms with Gasteiger partial charge in [-0.15, -0.1) is 0 Å². The summed E-state index contributed by atoms with van der Waals surface area (Å²) in [7, 11) is 0. The summed E-state index contributed by atoms with van der Waals surface area (Å²) in [6, 6.07) is 10.4. The molecule has 0 aliphatic heterocycles. The van der Waals surface area contributed by atoms with Crippen molar-refractivity contribution in [2.24, 2.45) is 0 Å². The Morgan fingerprint density at radius 2 is 1.68 bits per heavy atom. The van der Waals surface area contributed by atoms with Crippen LogP contribution in [-0.4, -0.2) is 5.91 Å². The summed E-state index contributed by atoms with van der Waals surface area (Å²) in [6.07, 6.45) is 1.57. The van der Waals surface area contributed by atoms with E-state index in [9.17, 15) is 9.18 Å². The molecule has 0 heterocycles. The molecule has 2 nitrogen and oxygen atoms in total. The maximum Gasteiger partial charge on any atom is 0.228 e. The van der Waals surface area contributed by atoms with Crippen LogP contribution in [0.5, 0.6) is 0 Å². The van der Waals surface area contributed by atoms with Gasteiger partial charge in [-0.2, -0.15) is 0 Å². The van der Waals surface area contributed by atoms with E-state index >= 15 is 0 Å². The number of amides is 1. The Hall–Kier alpha value is -1.87. The lowest BCUT2D eigenvalue weighted by atomic mass is 10.0. The molecule has 4 heteroatoms. The maximum atomic E-state index is 13.8. The largest absolute Gasteiger partial charge is 0.325 e. The number of benzene rings is 2. The van der Waals surface area contributed by atoms with Crippen LogP contribution in [0.1, 0.15) is 30.5 Å². The molecule has 116 valence electrons. The molecule has 0 saturated heterocycles. The molecule has 0 fully saturated rings. The van der Waals surface area contributed by atoms with Crippen LogP contribution >= 0.6 is 11.6 Å². The van der Waals surface area contributed by atoms with Crippen LogP contribution in [0.4, 0.5) is 10.1 Å². The van der Waals surface area contributed by atoms with Crippen molar-refractivity contribution in [3.8, 4) is 0 Å². The van der Waals surface area contributed by atoms with Gasteiger partial charge in [0, 0.05) is 16.3 Å². The second-order valence-corrected chi connectivity index (χ2v) is 5.49. The molecular weight excluding hydrogens is 301 g/mol. The van der Waals surface area contributed by atoms with Gasteiger partial charge in [-0.1, -0.05) is 49.7 Å². The number of carbonyl (C=O) groups is 1. The fourth-order valence-electron chi connectivity index (χ4n) is 2.45. The molecule has 0 aliphatic carbocycles. The Kier molecular flexibility index (Phi) is 5.56. The van der Waals surface area contributed by atoms with Crippen LogP contribution in [0.15, 0.2) is 36.4 Å². The molecule has 22 heavy (non-hydrogen) atoms. The molecule has 0 aromatic heterocycles. The standard InChI is InChI=1S/C18H19ClFNO/c1-3-12-7-5-8-13(4-2)18(12)21-17(22)11-14-15(19)9-6-10-16(14)20/h5-10H,3-4,11H2,1-2H3,(H,21,22). The summed E-state index contributed by atoms with van der Waals surface area (Å²) in [5.74, 6) is -0.718. The Morgan fingerprint density at radius 1 is 1.09 bits per heavy atom. The number of halogens is 2. The molecule has 0 unspecified atom stereocenters. The van der Waals surface area contributed by atoms with Crippen LogP contribution in [0, 0.1) is 5.82 Å². The number of para-hydroxylation sites is 1. The highest BCUT2D eigenvalue weighted by Gasteiger charge is 2.14. The van der Waals surface area contributed by atoms with Crippen LogP contribution < -0.4 is 5.32 Å². The number of anilines is 1. The van der Waals surface area contributed by atoms with Crippen LogP contribution in [-0.2, 0) is 24.1 Å². The Morgan fingerprint density at radius 3 is 2.23 bits per heavy atom. The van der Waals surface area contributed by atoms with E-state index in [1.165, 1.54) is 12.1 Å². The zero-order valence-electron chi connectivity index (χ0n) is 12.7. The van der Waals surface area contributed by atoms with E-state index < -0.39 is 5.82 Å². The second kappa shape index (κ2) is 7.41. The van der Waals surface area contributed by atoms with Gasteiger partial charge in [0.1, 0.15) is 5.82 Å². The summed E-state index contributed by atoms with van der Waals surface area (Å²) in [5.41, 5.74) is 3.22. The third-order valence-electron chi connectivity index (χ3n) is 3.66. The summed E-state index contributed by atoms with van der Waals surface area (Å²) >= 11 is 5.97. The molecule has 0 atom stereocenters. The van der Waals surface area contributed by atoms with E-state index in [4.69, 9.17) is 11.6 Å². The van der Waals surface area contributed by atoms with Crippen molar-refractivity contribution in [1.82, 2.24) is 0 Å². The quantitative estimate of drug-likeness (QED) is 0.844. The van der Waals surface area contributed by atoms with E-state index in [-0.39, 0.29) is 22.9 Å².